The molecule has 1 aromatic carbocycles. The molecule has 0 radical (unpaired) electrons. The smallest absolute Gasteiger partial charge is 0.264 e. The van der Waals surface area contributed by atoms with E-state index < -0.39 is 0 Å². The van der Waals surface area contributed by atoms with Crippen LogP contribution in [0, 0.1) is 6.92 Å². The summed E-state index contributed by atoms with van der Waals surface area (Å²) in [6.07, 6.45) is 0. The van der Waals surface area contributed by atoms with Crippen LogP contribution in [0.1, 0.15) is 47.6 Å². The van der Waals surface area contributed by atoms with Crippen molar-refractivity contribution >= 4 is 28.2 Å². The van der Waals surface area contributed by atoms with Crippen molar-refractivity contribution in [1.82, 2.24) is 4.98 Å². The van der Waals surface area contributed by atoms with Gasteiger partial charge in [0.05, 0.1) is 10.6 Å². The lowest BCUT2D eigenvalue weighted by molar-refractivity contribution is -0.118. The molecule has 0 atom stereocenters. The molecule has 2 aromatic rings. The summed E-state index contributed by atoms with van der Waals surface area (Å²) in [7, 11) is 0. The molecular formula is C17H20N2O3S. The molecule has 1 heterocycles. The maximum Gasteiger partial charge on any atom is 0.264 e. The standard InChI is InChI=1S/C17H20N2O3S/c1-10(2)13-5-7-14(8-6-13)22-9-15(21)19-17-18-11(3)16(23-17)12(4)20/h5-8,10H,9H2,1-4H3,(H,18,19,21). The summed E-state index contributed by atoms with van der Waals surface area (Å²) in [5.74, 6) is 0.740. The average Bonchev–Trinajstić information content (AvgIpc) is 2.86. The van der Waals surface area contributed by atoms with Crippen molar-refractivity contribution in [3.63, 3.8) is 0 Å². The van der Waals surface area contributed by atoms with Gasteiger partial charge in [0, 0.05) is 6.92 Å². The Labute approximate surface area is 139 Å². The zero-order valence-corrected chi connectivity index (χ0v) is 14.5. The number of rotatable bonds is 6. The zero-order valence-electron chi connectivity index (χ0n) is 13.7. The Morgan fingerprint density at radius 1 is 1.26 bits per heavy atom. The summed E-state index contributed by atoms with van der Waals surface area (Å²) in [5.41, 5.74) is 1.85. The first-order chi connectivity index (χ1) is 10.9. The van der Waals surface area contributed by atoms with Crippen LogP contribution < -0.4 is 10.1 Å². The van der Waals surface area contributed by atoms with Gasteiger partial charge in [0.15, 0.2) is 17.5 Å². The van der Waals surface area contributed by atoms with Gasteiger partial charge < -0.3 is 4.74 Å². The molecule has 0 spiro atoms. The minimum absolute atomic E-state index is 0.0537. The number of aromatic nitrogens is 1. The van der Waals surface area contributed by atoms with Gasteiger partial charge in [-0.25, -0.2) is 4.98 Å². The number of amides is 1. The van der Waals surface area contributed by atoms with Gasteiger partial charge in [0.25, 0.3) is 5.91 Å². The van der Waals surface area contributed by atoms with Gasteiger partial charge in [-0.1, -0.05) is 37.3 Å². The first kappa shape index (κ1) is 17.1. The van der Waals surface area contributed by atoms with E-state index in [-0.39, 0.29) is 18.3 Å². The number of carbonyl (C=O) groups is 2. The summed E-state index contributed by atoms with van der Waals surface area (Å²) in [6, 6.07) is 7.68. The predicted molar refractivity (Wildman–Crippen MR) is 91.5 cm³/mol. The number of hydrogen-bond acceptors (Lipinski definition) is 5. The van der Waals surface area contributed by atoms with Crippen LogP contribution in [0.4, 0.5) is 5.13 Å². The second-order valence-electron chi connectivity index (χ2n) is 5.55. The summed E-state index contributed by atoms with van der Waals surface area (Å²) < 4.78 is 5.46. The highest BCUT2D eigenvalue weighted by Gasteiger charge is 2.13. The van der Waals surface area contributed by atoms with Gasteiger partial charge >= 0.3 is 0 Å². The summed E-state index contributed by atoms with van der Waals surface area (Å²) in [4.78, 5) is 28.0. The minimum Gasteiger partial charge on any atom is -0.484 e. The third-order valence-electron chi connectivity index (χ3n) is 3.28. The molecule has 0 aliphatic heterocycles. The number of aryl methyl sites for hydroxylation is 1. The van der Waals surface area contributed by atoms with E-state index in [0.717, 1.165) is 0 Å². The Morgan fingerprint density at radius 2 is 1.91 bits per heavy atom. The van der Waals surface area contributed by atoms with E-state index in [1.807, 2.05) is 24.3 Å². The number of anilines is 1. The predicted octanol–water partition coefficient (Wildman–Crippen LogP) is 3.80. The lowest BCUT2D eigenvalue weighted by atomic mass is 10.0. The number of carbonyl (C=O) groups excluding carboxylic acids is 2. The van der Waals surface area contributed by atoms with Gasteiger partial charge in [0.1, 0.15) is 5.75 Å². The van der Waals surface area contributed by atoms with Crippen molar-refractivity contribution in [3.05, 3.63) is 40.4 Å². The van der Waals surface area contributed by atoms with Crippen LogP contribution in [0.2, 0.25) is 0 Å². The zero-order chi connectivity index (χ0) is 17.0. The van der Waals surface area contributed by atoms with Crippen molar-refractivity contribution in [1.29, 1.82) is 0 Å². The highest BCUT2D eigenvalue weighted by Crippen LogP contribution is 2.23. The van der Waals surface area contributed by atoms with Gasteiger partial charge in [-0.2, -0.15) is 0 Å². The molecule has 0 aliphatic rings. The van der Waals surface area contributed by atoms with Gasteiger partial charge in [-0.3, -0.25) is 14.9 Å². The largest absolute Gasteiger partial charge is 0.484 e. The molecule has 0 fully saturated rings. The molecule has 6 heteroatoms. The highest BCUT2D eigenvalue weighted by molar-refractivity contribution is 7.17. The minimum atomic E-state index is -0.304. The van der Waals surface area contributed by atoms with E-state index >= 15 is 0 Å². The van der Waals surface area contributed by atoms with Crippen LogP contribution in [0.25, 0.3) is 0 Å². The average molecular weight is 332 g/mol. The normalized spacial score (nSPS) is 10.7. The second-order valence-corrected chi connectivity index (χ2v) is 6.55. The lowest BCUT2D eigenvalue weighted by Gasteiger charge is -2.08. The monoisotopic (exact) mass is 332 g/mol. The molecule has 1 N–H and O–H groups in total. The van der Waals surface area contributed by atoms with Crippen molar-refractivity contribution in [2.45, 2.75) is 33.6 Å². The van der Waals surface area contributed by atoms with Gasteiger partial charge in [-0.05, 0) is 30.5 Å². The fraction of sp³-hybridized carbons (Fsp3) is 0.353. The Morgan fingerprint density at radius 3 is 2.43 bits per heavy atom. The van der Waals surface area contributed by atoms with Gasteiger partial charge in [-0.15, -0.1) is 0 Å². The number of ketones is 1. The van der Waals surface area contributed by atoms with Crippen molar-refractivity contribution in [2.75, 3.05) is 11.9 Å². The van der Waals surface area contributed by atoms with Crippen molar-refractivity contribution < 1.29 is 14.3 Å². The fourth-order valence-corrected chi connectivity index (χ4v) is 2.91. The number of benzene rings is 1. The number of ether oxygens (including phenoxy) is 1. The SMILES string of the molecule is CC(=O)c1sc(NC(=O)COc2ccc(C(C)C)cc2)nc1C. The maximum absolute atomic E-state index is 11.9. The maximum atomic E-state index is 11.9. The third-order valence-corrected chi connectivity index (χ3v) is 4.45. The lowest BCUT2D eigenvalue weighted by Crippen LogP contribution is -2.20. The number of nitrogens with zero attached hydrogens (tertiary/aromatic N) is 1. The highest BCUT2D eigenvalue weighted by atomic mass is 32.1. The molecule has 0 bridgehead atoms. The molecule has 0 saturated carbocycles. The molecule has 0 saturated heterocycles. The van der Waals surface area contributed by atoms with E-state index in [2.05, 4.69) is 24.1 Å². The Bertz CT molecular complexity index is 705. The molecule has 0 aliphatic carbocycles. The Kier molecular flexibility index (Phi) is 5.50. The van der Waals surface area contributed by atoms with E-state index in [9.17, 15) is 9.59 Å². The quantitative estimate of drug-likeness (QED) is 0.817. The Balaban J connectivity index is 1.90. The van der Waals surface area contributed by atoms with Crippen LogP contribution >= 0.6 is 11.3 Å². The molecular weight excluding hydrogens is 312 g/mol. The van der Waals surface area contributed by atoms with Gasteiger partial charge in [0.2, 0.25) is 0 Å². The first-order valence-corrected chi connectivity index (χ1v) is 8.19. The van der Waals surface area contributed by atoms with E-state index in [4.69, 9.17) is 4.74 Å². The molecule has 122 valence electrons. The molecule has 0 unspecified atom stereocenters. The number of hydrogen-bond donors (Lipinski definition) is 1. The van der Waals surface area contributed by atoms with Crippen LogP contribution in [0.15, 0.2) is 24.3 Å². The van der Waals surface area contributed by atoms with Crippen LogP contribution in [0.3, 0.4) is 0 Å². The third kappa shape index (κ3) is 4.63. The first-order valence-electron chi connectivity index (χ1n) is 7.37. The summed E-state index contributed by atoms with van der Waals surface area (Å²) >= 11 is 1.17. The molecule has 5 nitrogen and oxygen atoms in total. The van der Waals surface area contributed by atoms with E-state index in [1.54, 1.807) is 6.92 Å². The van der Waals surface area contributed by atoms with E-state index in [0.29, 0.717) is 27.4 Å². The Hall–Kier alpha value is -2.21. The van der Waals surface area contributed by atoms with Crippen molar-refractivity contribution in [2.24, 2.45) is 0 Å². The molecule has 2 rings (SSSR count). The molecule has 1 aromatic heterocycles. The van der Waals surface area contributed by atoms with E-state index in [1.165, 1.54) is 23.8 Å². The number of Topliss-reactive ketones (excluding diaryl/α,β-unsaturated/α-hetero) is 1. The number of nitrogens with one attached hydrogen (secondary N) is 1. The molecule has 1 amide bonds. The van der Waals surface area contributed by atoms with Crippen LogP contribution in [-0.4, -0.2) is 23.3 Å². The summed E-state index contributed by atoms with van der Waals surface area (Å²) in [5, 5.41) is 3.06. The number of thiazole rings is 1. The van der Waals surface area contributed by atoms with Crippen LogP contribution in [0.5, 0.6) is 5.75 Å². The topological polar surface area (TPSA) is 68.3 Å². The van der Waals surface area contributed by atoms with Crippen molar-refractivity contribution in [3.8, 4) is 5.75 Å². The fourth-order valence-electron chi connectivity index (χ4n) is 2.03. The molecule has 23 heavy (non-hydrogen) atoms. The summed E-state index contributed by atoms with van der Waals surface area (Å²) in [6.45, 7) is 7.37. The second kappa shape index (κ2) is 7.37. The van der Waals surface area contributed by atoms with Crippen LogP contribution in [-0.2, 0) is 4.79 Å².